The van der Waals surface area contributed by atoms with E-state index in [1.165, 1.54) is 6.26 Å². The van der Waals surface area contributed by atoms with E-state index in [-0.39, 0.29) is 18.9 Å². The molecule has 1 heterocycles. The number of carbonyl (C=O) groups excluding carboxylic acids is 1. The van der Waals surface area contributed by atoms with Crippen LogP contribution >= 0.6 is 11.6 Å². The number of rotatable bonds is 6. The molecule has 0 spiro atoms. The van der Waals surface area contributed by atoms with Gasteiger partial charge in [-0.05, 0) is 29.8 Å². The Morgan fingerprint density at radius 1 is 1.48 bits per heavy atom. The van der Waals surface area contributed by atoms with E-state index < -0.39 is 6.04 Å². The summed E-state index contributed by atoms with van der Waals surface area (Å²) in [6.07, 6.45) is 1.60. The standard InChI is InChI=1S/C15H16ClNO4/c1-20-11-5-4-10(12(16)8-11)7-15(19)17-13(9-18)14-3-2-6-21-14/h2-6,8,13,18H,7,9H2,1H3,(H,17,19). The van der Waals surface area contributed by atoms with Gasteiger partial charge in [0.25, 0.3) is 0 Å². The zero-order valence-electron chi connectivity index (χ0n) is 11.5. The van der Waals surface area contributed by atoms with E-state index in [9.17, 15) is 9.90 Å². The Hall–Kier alpha value is -1.98. The molecule has 5 nitrogen and oxygen atoms in total. The third kappa shape index (κ3) is 4.00. The molecule has 1 amide bonds. The smallest absolute Gasteiger partial charge is 0.225 e. The molecule has 1 unspecified atom stereocenters. The number of carbonyl (C=O) groups is 1. The molecule has 0 fully saturated rings. The minimum Gasteiger partial charge on any atom is -0.497 e. The number of amides is 1. The van der Waals surface area contributed by atoms with Crippen LogP contribution in [0.25, 0.3) is 0 Å². The maximum absolute atomic E-state index is 12.0. The largest absolute Gasteiger partial charge is 0.497 e. The van der Waals surface area contributed by atoms with Crippen LogP contribution in [0.2, 0.25) is 5.02 Å². The maximum atomic E-state index is 12.0. The second-order valence-electron chi connectivity index (χ2n) is 4.45. The molecule has 0 saturated heterocycles. The Bertz CT molecular complexity index is 598. The molecule has 1 aromatic carbocycles. The monoisotopic (exact) mass is 309 g/mol. The van der Waals surface area contributed by atoms with Gasteiger partial charge < -0.3 is 19.6 Å². The van der Waals surface area contributed by atoms with E-state index >= 15 is 0 Å². The van der Waals surface area contributed by atoms with Crippen LogP contribution in [0.3, 0.4) is 0 Å². The topological polar surface area (TPSA) is 71.7 Å². The molecule has 2 rings (SSSR count). The first kappa shape index (κ1) is 15.4. The molecule has 112 valence electrons. The number of aliphatic hydroxyl groups excluding tert-OH is 1. The number of hydrogen-bond acceptors (Lipinski definition) is 4. The van der Waals surface area contributed by atoms with Crippen LogP contribution in [0, 0.1) is 0 Å². The van der Waals surface area contributed by atoms with Crippen LogP contribution in [0.4, 0.5) is 0 Å². The fourth-order valence-electron chi connectivity index (χ4n) is 1.91. The summed E-state index contributed by atoms with van der Waals surface area (Å²) in [6, 6.07) is 7.96. The summed E-state index contributed by atoms with van der Waals surface area (Å²) < 4.78 is 10.2. The lowest BCUT2D eigenvalue weighted by atomic mass is 10.1. The summed E-state index contributed by atoms with van der Waals surface area (Å²) in [7, 11) is 1.55. The molecule has 0 aliphatic rings. The fraction of sp³-hybridized carbons (Fsp3) is 0.267. The van der Waals surface area contributed by atoms with Gasteiger partial charge in [0.1, 0.15) is 17.6 Å². The molecular weight excluding hydrogens is 294 g/mol. The first-order chi connectivity index (χ1) is 10.1. The molecule has 0 radical (unpaired) electrons. The Kier molecular flexibility index (Phi) is 5.25. The van der Waals surface area contributed by atoms with Gasteiger partial charge in [-0.15, -0.1) is 0 Å². The van der Waals surface area contributed by atoms with Gasteiger partial charge in [0, 0.05) is 5.02 Å². The van der Waals surface area contributed by atoms with E-state index in [0.29, 0.717) is 22.1 Å². The number of aliphatic hydroxyl groups is 1. The van der Waals surface area contributed by atoms with Gasteiger partial charge in [-0.2, -0.15) is 0 Å². The minimum absolute atomic E-state index is 0.111. The third-order valence-corrected chi connectivity index (χ3v) is 3.37. The lowest BCUT2D eigenvalue weighted by molar-refractivity contribution is -0.121. The van der Waals surface area contributed by atoms with Crippen molar-refractivity contribution in [3.63, 3.8) is 0 Å². The zero-order valence-corrected chi connectivity index (χ0v) is 12.3. The number of hydrogen-bond donors (Lipinski definition) is 2. The number of furan rings is 1. The molecule has 1 aromatic heterocycles. The van der Waals surface area contributed by atoms with Crippen molar-refractivity contribution in [3.05, 3.63) is 52.9 Å². The Morgan fingerprint density at radius 3 is 2.86 bits per heavy atom. The first-order valence-corrected chi connectivity index (χ1v) is 6.78. The van der Waals surface area contributed by atoms with E-state index in [4.69, 9.17) is 20.8 Å². The number of halogens is 1. The molecule has 0 aliphatic heterocycles. The zero-order chi connectivity index (χ0) is 15.2. The lowest BCUT2D eigenvalue weighted by Crippen LogP contribution is -2.31. The van der Waals surface area contributed by atoms with E-state index in [1.807, 2.05) is 0 Å². The van der Waals surface area contributed by atoms with Crippen LogP contribution < -0.4 is 10.1 Å². The Balaban J connectivity index is 2.01. The molecular formula is C15H16ClNO4. The minimum atomic E-state index is -0.565. The van der Waals surface area contributed by atoms with Crippen LogP contribution in [0.15, 0.2) is 41.0 Å². The highest BCUT2D eigenvalue weighted by Gasteiger charge is 2.17. The predicted octanol–water partition coefficient (Wildman–Crippen LogP) is 2.33. The van der Waals surface area contributed by atoms with Crippen molar-refractivity contribution in [1.82, 2.24) is 5.32 Å². The molecule has 21 heavy (non-hydrogen) atoms. The van der Waals surface area contributed by atoms with Crippen molar-refractivity contribution >= 4 is 17.5 Å². The summed E-state index contributed by atoms with van der Waals surface area (Å²) in [5.74, 6) is 0.886. The summed E-state index contributed by atoms with van der Waals surface area (Å²) in [6.45, 7) is -0.240. The normalized spacial score (nSPS) is 12.0. The van der Waals surface area contributed by atoms with Crippen molar-refractivity contribution < 1.29 is 19.1 Å². The van der Waals surface area contributed by atoms with Crippen LogP contribution in [-0.4, -0.2) is 24.7 Å². The number of benzene rings is 1. The van der Waals surface area contributed by atoms with Crippen molar-refractivity contribution in [1.29, 1.82) is 0 Å². The van der Waals surface area contributed by atoms with Crippen molar-refractivity contribution in [2.75, 3.05) is 13.7 Å². The van der Waals surface area contributed by atoms with Gasteiger partial charge in [-0.3, -0.25) is 4.79 Å². The fourth-order valence-corrected chi connectivity index (χ4v) is 2.15. The van der Waals surface area contributed by atoms with E-state index in [1.54, 1.807) is 37.4 Å². The Morgan fingerprint density at radius 2 is 2.29 bits per heavy atom. The second kappa shape index (κ2) is 7.15. The molecule has 0 bridgehead atoms. The highest BCUT2D eigenvalue weighted by Crippen LogP contribution is 2.23. The summed E-state index contributed by atoms with van der Waals surface area (Å²) in [5, 5.41) is 12.5. The highest BCUT2D eigenvalue weighted by atomic mass is 35.5. The molecule has 0 aliphatic carbocycles. The van der Waals surface area contributed by atoms with Crippen LogP contribution in [0.5, 0.6) is 5.75 Å². The van der Waals surface area contributed by atoms with Gasteiger partial charge in [0.05, 0.1) is 26.4 Å². The third-order valence-electron chi connectivity index (χ3n) is 3.02. The highest BCUT2D eigenvalue weighted by molar-refractivity contribution is 6.31. The SMILES string of the molecule is COc1ccc(CC(=O)NC(CO)c2ccco2)c(Cl)c1. The van der Waals surface area contributed by atoms with Crippen molar-refractivity contribution in [3.8, 4) is 5.75 Å². The summed E-state index contributed by atoms with van der Waals surface area (Å²) >= 11 is 6.09. The number of nitrogens with one attached hydrogen (secondary N) is 1. The van der Waals surface area contributed by atoms with Gasteiger partial charge in [0.2, 0.25) is 5.91 Å². The average Bonchev–Trinajstić information content (AvgIpc) is 3.01. The Labute approximate surface area is 127 Å². The van der Waals surface area contributed by atoms with Crippen molar-refractivity contribution in [2.24, 2.45) is 0 Å². The quantitative estimate of drug-likeness (QED) is 0.859. The van der Waals surface area contributed by atoms with Crippen LogP contribution in [-0.2, 0) is 11.2 Å². The molecule has 6 heteroatoms. The molecule has 1 atom stereocenters. The van der Waals surface area contributed by atoms with Crippen LogP contribution in [0.1, 0.15) is 17.4 Å². The van der Waals surface area contributed by atoms with Gasteiger partial charge in [-0.1, -0.05) is 17.7 Å². The second-order valence-corrected chi connectivity index (χ2v) is 4.86. The van der Waals surface area contributed by atoms with Crippen molar-refractivity contribution in [2.45, 2.75) is 12.5 Å². The van der Waals surface area contributed by atoms with Gasteiger partial charge in [0.15, 0.2) is 0 Å². The summed E-state index contributed by atoms with van der Waals surface area (Å²) in [5.41, 5.74) is 0.686. The number of ether oxygens (including phenoxy) is 1. The van der Waals surface area contributed by atoms with Gasteiger partial charge >= 0.3 is 0 Å². The molecule has 2 aromatic rings. The first-order valence-electron chi connectivity index (χ1n) is 6.40. The maximum Gasteiger partial charge on any atom is 0.225 e. The lowest BCUT2D eigenvalue weighted by Gasteiger charge is -2.14. The number of methoxy groups -OCH3 is 1. The molecule has 0 saturated carbocycles. The van der Waals surface area contributed by atoms with E-state index in [2.05, 4.69) is 5.32 Å². The predicted molar refractivity (Wildman–Crippen MR) is 78.4 cm³/mol. The molecule has 2 N–H and O–H groups in total. The van der Waals surface area contributed by atoms with E-state index in [0.717, 1.165) is 0 Å². The summed E-state index contributed by atoms with van der Waals surface area (Å²) in [4.78, 5) is 12.0. The van der Waals surface area contributed by atoms with Gasteiger partial charge in [-0.25, -0.2) is 0 Å². The average molecular weight is 310 g/mol.